The second kappa shape index (κ2) is 7.31. The molecule has 114 valence electrons. The second-order valence-electron chi connectivity index (χ2n) is 4.87. The molecule has 0 spiro atoms. The number of amides is 1. The van der Waals surface area contributed by atoms with E-state index in [4.69, 9.17) is 21.1 Å². The van der Waals surface area contributed by atoms with Crippen molar-refractivity contribution in [1.82, 2.24) is 4.90 Å². The summed E-state index contributed by atoms with van der Waals surface area (Å²) in [4.78, 5) is 24.7. The van der Waals surface area contributed by atoms with Crippen LogP contribution in [0.1, 0.15) is 29.6 Å². The minimum atomic E-state index is -0.0624. The van der Waals surface area contributed by atoms with Gasteiger partial charge in [0.15, 0.2) is 24.4 Å². The SMILES string of the molecule is COc1cc(C=O)c(Cl)cc1OCC(=O)N1CCCCC1. The fourth-order valence-electron chi connectivity index (χ4n) is 2.29. The summed E-state index contributed by atoms with van der Waals surface area (Å²) in [5.41, 5.74) is 0.322. The number of piperidine rings is 1. The monoisotopic (exact) mass is 311 g/mol. The van der Waals surface area contributed by atoms with E-state index in [1.165, 1.54) is 25.7 Å². The van der Waals surface area contributed by atoms with Gasteiger partial charge in [-0.3, -0.25) is 9.59 Å². The molecule has 21 heavy (non-hydrogen) atoms. The van der Waals surface area contributed by atoms with Crippen molar-refractivity contribution in [2.24, 2.45) is 0 Å². The Kier molecular flexibility index (Phi) is 5.44. The third-order valence-corrected chi connectivity index (χ3v) is 3.80. The molecule has 2 rings (SSSR count). The summed E-state index contributed by atoms with van der Waals surface area (Å²) in [6.45, 7) is 1.50. The van der Waals surface area contributed by atoms with Gasteiger partial charge in [-0.1, -0.05) is 11.6 Å². The van der Waals surface area contributed by atoms with Gasteiger partial charge >= 0.3 is 0 Å². The van der Waals surface area contributed by atoms with E-state index >= 15 is 0 Å². The number of halogens is 1. The number of carbonyl (C=O) groups excluding carboxylic acids is 2. The highest BCUT2D eigenvalue weighted by Gasteiger charge is 2.18. The van der Waals surface area contributed by atoms with Crippen LogP contribution in [0, 0.1) is 0 Å². The first kappa shape index (κ1) is 15.6. The highest BCUT2D eigenvalue weighted by atomic mass is 35.5. The Morgan fingerprint density at radius 3 is 2.62 bits per heavy atom. The smallest absolute Gasteiger partial charge is 0.260 e. The van der Waals surface area contributed by atoms with Crippen LogP contribution in [0.25, 0.3) is 0 Å². The van der Waals surface area contributed by atoms with E-state index in [1.54, 1.807) is 4.90 Å². The Labute approximate surface area is 128 Å². The van der Waals surface area contributed by atoms with Crippen molar-refractivity contribution in [1.29, 1.82) is 0 Å². The molecule has 1 aromatic carbocycles. The number of likely N-dealkylation sites (tertiary alicyclic amines) is 1. The third kappa shape index (κ3) is 3.88. The average Bonchev–Trinajstić information content (AvgIpc) is 2.53. The number of methoxy groups -OCH3 is 1. The number of nitrogens with zero attached hydrogens (tertiary/aromatic N) is 1. The van der Waals surface area contributed by atoms with Crippen molar-refractivity contribution in [3.8, 4) is 11.5 Å². The lowest BCUT2D eigenvalue weighted by Gasteiger charge is -2.26. The van der Waals surface area contributed by atoms with Gasteiger partial charge in [0.1, 0.15) is 0 Å². The Morgan fingerprint density at radius 1 is 1.29 bits per heavy atom. The molecule has 0 aliphatic carbocycles. The molecule has 0 saturated carbocycles. The van der Waals surface area contributed by atoms with Crippen molar-refractivity contribution in [3.05, 3.63) is 22.7 Å². The zero-order valence-electron chi connectivity index (χ0n) is 11.9. The summed E-state index contributed by atoms with van der Waals surface area (Å²) in [5, 5.41) is 0.270. The first-order valence-corrected chi connectivity index (χ1v) is 7.26. The molecule has 1 fully saturated rings. The minimum absolute atomic E-state index is 0.0488. The fraction of sp³-hybridized carbons (Fsp3) is 0.467. The van der Waals surface area contributed by atoms with E-state index in [-0.39, 0.29) is 17.5 Å². The molecule has 1 amide bonds. The molecule has 0 atom stereocenters. The molecule has 0 N–H and O–H groups in total. The molecular weight excluding hydrogens is 294 g/mol. The Bertz CT molecular complexity index is 527. The molecular formula is C15H18ClNO4. The maximum Gasteiger partial charge on any atom is 0.260 e. The van der Waals surface area contributed by atoms with Crippen LogP contribution in [-0.4, -0.2) is 43.9 Å². The predicted molar refractivity (Wildman–Crippen MR) is 79.3 cm³/mol. The number of hydrogen-bond donors (Lipinski definition) is 0. The standard InChI is InChI=1S/C15H18ClNO4/c1-20-13-7-11(9-18)12(16)8-14(13)21-10-15(19)17-5-3-2-4-6-17/h7-9H,2-6,10H2,1H3. The first-order chi connectivity index (χ1) is 10.2. The van der Waals surface area contributed by atoms with Crippen molar-refractivity contribution in [2.45, 2.75) is 19.3 Å². The number of hydrogen-bond acceptors (Lipinski definition) is 4. The molecule has 0 bridgehead atoms. The van der Waals surface area contributed by atoms with Gasteiger partial charge in [-0.05, 0) is 25.3 Å². The van der Waals surface area contributed by atoms with Gasteiger partial charge in [0.2, 0.25) is 0 Å². The van der Waals surface area contributed by atoms with Gasteiger partial charge in [0, 0.05) is 24.7 Å². The quantitative estimate of drug-likeness (QED) is 0.784. The number of carbonyl (C=O) groups is 2. The number of aldehydes is 1. The highest BCUT2D eigenvalue weighted by molar-refractivity contribution is 6.33. The molecule has 1 aliphatic rings. The van der Waals surface area contributed by atoms with Crippen LogP contribution in [0.3, 0.4) is 0 Å². The number of rotatable bonds is 5. The molecule has 1 aromatic rings. The number of ether oxygens (including phenoxy) is 2. The van der Waals surface area contributed by atoms with Gasteiger partial charge < -0.3 is 14.4 Å². The van der Waals surface area contributed by atoms with Crippen molar-refractivity contribution >= 4 is 23.8 Å². The van der Waals surface area contributed by atoms with E-state index in [2.05, 4.69) is 0 Å². The maximum atomic E-state index is 12.1. The van der Waals surface area contributed by atoms with Gasteiger partial charge in [-0.15, -0.1) is 0 Å². The van der Waals surface area contributed by atoms with E-state index in [9.17, 15) is 9.59 Å². The average molecular weight is 312 g/mol. The van der Waals surface area contributed by atoms with E-state index < -0.39 is 0 Å². The molecule has 1 heterocycles. The molecule has 0 aromatic heterocycles. The van der Waals surface area contributed by atoms with Crippen LogP contribution < -0.4 is 9.47 Å². The van der Waals surface area contributed by atoms with Crippen LogP contribution in [0.2, 0.25) is 5.02 Å². The van der Waals surface area contributed by atoms with Crippen LogP contribution in [-0.2, 0) is 4.79 Å². The Hall–Kier alpha value is -1.75. The van der Waals surface area contributed by atoms with Crippen LogP contribution >= 0.6 is 11.6 Å². The van der Waals surface area contributed by atoms with E-state index in [0.717, 1.165) is 25.9 Å². The lowest BCUT2D eigenvalue weighted by atomic mass is 10.1. The third-order valence-electron chi connectivity index (χ3n) is 3.47. The Morgan fingerprint density at radius 2 is 2.00 bits per heavy atom. The van der Waals surface area contributed by atoms with Crippen molar-refractivity contribution in [2.75, 3.05) is 26.8 Å². The van der Waals surface area contributed by atoms with Crippen LogP contribution in [0.15, 0.2) is 12.1 Å². The lowest BCUT2D eigenvalue weighted by molar-refractivity contribution is -0.134. The van der Waals surface area contributed by atoms with Gasteiger partial charge in [-0.25, -0.2) is 0 Å². The summed E-state index contributed by atoms with van der Waals surface area (Å²) in [5.74, 6) is 0.693. The molecule has 1 aliphatic heterocycles. The maximum absolute atomic E-state index is 12.1. The van der Waals surface area contributed by atoms with E-state index in [0.29, 0.717) is 23.3 Å². The summed E-state index contributed by atoms with van der Waals surface area (Å²) < 4.78 is 10.7. The summed E-state index contributed by atoms with van der Waals surface area (Å²) in [7, 11) is 1.47. The zero-order chi connectivity index (χ0) is 15.2. The zero-order valence-corrected chi connectivity index (χ0v) is 12.7. The fourth-order valence-corrected chi connectivity index (χ4v) is 2.49. The van der Waals surface area contributed by atoms with Gasteiger partial charge in [0.25, 0.3) is 5.91 Å². The first-order valence-electron chi connectivity index (χ1n) is 6.89. The molecule has 0 radical (unpaired) electrons. The molecule has 5 nitrogen and oxygen atoms in total. The van der Waals surface area contributed by atoms with Crippen LogP contribution in [0.4, 0.5) is 0 Å². The van der Waals surface area contributed by atoms with Gasteiger partial charge in [-0.2, -0.15) is 0 Å². The summed E-state index contributed by atoms with van der Waals surface area (Å²) >= 11 is 5.96. The summed E-state index contributed by atoms with van der Waals surface area (Å²) in [6.07, 6.45) is 3.89. The Balaban J connectivity index is 2.03. The van der Waals surface area contributed by atoms with Crippen molar-refractivity contribution < 1.29 is 19.1 Å². The summed E-state index contributed by atoms with van der Waals surface area (Å²) in [6, 6.07) is 2.99. The predicted octanol–water partition coefficient (Wildman–Crippen LogP) is 2.55. The molecule has 0 unspecified atom stereocenters. The van der Waals surface area contributed by atoms with Gasteiger partial charge in [0.05, 0.1) is 12.1 Å². The highest BCUT2D eigenvalue weighted by Crippen LogP contribution is 2.32. The molecule has 6 heteroatoms. The minimum Gasteiger partial charge on any atom is -0.493 e. The van der Waals surface area contributed by atoms with Crippen LogP contribution in [0.5, 0.6) is 11.5 Å². The molecule has 1 saturated heterocycles. The largest absolute Gasteiger partial charge is 0.493 e. The number of benzene rings is 1. The normalized spacial score (nSPS) is 14.7. The lowest BCUT2D eigenvalue weighted by Crippen LogP contribution is -2.38. The van der Waals surface area contributed by atoms with Crippen molar-refractivity contribution in [3.63, 3.8) is 0 Å². The second-order valence-corrected chi connectivity index (χ2v) is 5.28. The van der Waals surface area contributed by atoms with E-state index in [1.807, 2.05) is 0 Å². The topological polar surface area (TPSA) is 55.8 Å².